The number of nitrogens with one attached hydrogen (secondary N) is 2. The molecule has 2 aliphatic heterocycles. The molecule has 3 saturated carbocycles. The van der Waals surface area contributed by atoms with Gasteiger partial charge in [0.1, 0.15) is 11.3 Å². The Hall–Kier alpha value is -2.41. The number of aromatic nitrogens is 2. The highest BCUT2D eigenvalue weighted by Crippen LogP contribution is 2.61. The van der Waals surface area contributed by atoms with E-state index in [9.17, 15) is 9.59 Å². The maximum atomic E-state index is 13.1. The second-order valence-corrected chi connectivity index (χ2v) is 11.0. The SMILES string of the molecule is CC1(C)[C@@H]2CC[C@@H](CNC(=O)c3cccc4nc(CC(=O)N5C[C@H]6C[C@@H]5CN6)cn34)[C@@H]1C2. The number of pyridine rings is 1. The van der Waals surface area contributed by atoms with Crippen LogP contribution in [-0.4, -0.2) is 57.8 Å². The highest BCUT2D eigenvalue weighted by Gasteiger charge is 2.54. The van der Waals surface area contributed by atoms with Gasteiger partial charge in [0.25, 0.3) is 5.91 Å². The van der Waals surface area contributed by atoms with E-state index in [-0.39, 0.29) is 18.2 Å². The van der Waals surface area contributed by atoms with E-state index in [1.54, 1.807) is 0 Å². The Morgan fingerprint density at radius 1 is 1.25 bits per heavy atom. The number of likely N-dealkylation sites (tertiary alicyclic amines) is 1. The average molecular weight is 436 g/mol. The van der Waals surface area contributed by atoms with Gasteiger partial charge in [0.15, 0.2) is 0 Å². The van der Waals surface area contributed by atoms with Crippen LogP contribution in [0.1, 0.15) is 55.7 Å². The highest BCUT2D eigenvalue weighted by atomic mass is 16.2. The van der Waals surface area contributed by atoms with Gasteiger partial charge in [-0.15, -0.1) is 0 Å². The van der Waals surface area contributed by atoms with Gasteiger partial charge in [0.2, 0.25) is 5.91 Å². The molecule has 5 fully saturated rings. The van der Waals surface area contributed by atoms with Gasteiger partial charge >= 0.3 is 0 Å². The van der Waals surface area contributed by atoms with Gasteiger partial charge in [-0.3, -0.25) is 14.0 Å². The lowest BCUT2D eigenvalue weighted by molar-refractivity contribution is -0.131. The number of piperazine rings is 1. The van der Waals surface area contributed by atoms with Gasteiger partial charge in [0.05, 0.1) is 12.1 Å². The highest BCUT2D eigenvalue weighted by molar-refractivity contribution is 5.93. The monoisotopic (exact) mass is 435 g/mol. The van der Waals surface area contributed by atoms with Crippen molar-refractivity contribution in [2.75, 3.05) is 19.6 Å². The third-order valence-corrected chi connectivity index (χ3v) is 9.01. The number of hydrogen-bond donors (Lipinski definition) is 2. The number of amides is 2. The topological polar surface area (TPSA) is 78.7 Å². The maximum Gasteiger partial charge on any atom is 0.268 e. The van der Waals surface area contributed by atoms with Crippen molar-refractivity contribution in [3.8, 4) is 0 Å². The summed E-state index contributed by atoms with van der Waals surface area (Å²) in [6.07, 6.45) is 7.01. The summed E-state index contributed by atoms with van der Waals surface area (Å²) < 4.78 is 1.83. The zero-order chi connectivity index (χ0) is 22.0. The summed E-state index contributed by atoms with van der Waals surface area (Å²) in [4.78, 5) is 32.5. The Bertz CT molecular complexity index is 1070. The summed E-state index contributed by atoms with van der Waals surface area (Å²) in [6, 6.07) is 6.37. The number of nitrogens with zero attached hydrogens (tertiary/aromatic N) is 3. The maximum absolute atomic E-state index is 13.1. The molecule has 3 aliphatic carbocycles. The van der Waals surface area contributed by atoms with E-state index in [2.05, 4.69) is 29.5 Å². The molecule has 0 spiro atoms. The van der Waals surface area contributed by atoms with Crippen molar-refractivity contribution in [1.82, 2.24) is 24.9 Å². The summed E-state index contributed by atoms with van der Waals surface area (Å²) in [5, 5.41) is 6.63. The van der Waals surface area contributed by atoms with E-state index < -0.39 is 0 Å². The van der Waals surface area contributed by atoms with Crippen LogP contribution >= 0.6 is 0 Å². The standard InChI is InChI=1S/C25H33N5O2/c1-25(2)16-7-6-15(20(25)8-16)11-27-24(32)21-4-3-5-22-28-18(14-30(21)22)10-23(31)29-13-17-9-19(29)12-26-17/h3-5,14-17,19-20,26H,6-13H2,1-2H3,(H,27,32)/t15-,16+,17+,19+,20-/m0/s1. The van der Waals surface area contributed by atoms with Crippen molar-refractivity contribution in [3.05, 3.63) is 35.8 Å². The zero-order valence-electron chi connectivity index (χ0n) is 19.0. The first-order valence-electron chi connectivity index (χ1n) is 12.2. The van der Waals surface area contributed by atoms with Crippen molar-refractivity contribution in [1.29, 1.82) is 0 Å². The molecule has 2 aromatic rings. The first-order chi connectivity index (χ1) is 15.4. The molecular weight excluding hydrogens is 402 g/mol. The number of hydrogen-bond acceptors (Lipinski definition) is 4. The fourth-order valence-corrected chi connectivity index (χ4v) is 6.98. The van der Waals surface area contributed by atoms with Gasteiger partial charge in [-0.25, -0.2) is 4.98 Å². The number of carbonyl (C=O) groups excluding carboxylic acids is 2. The molecule has 32 heavy (non-hydrogen) atoms. The first-order valence-corrected chi connectivity index (χ1v) is 12.2. The minimum Gasteiger partial charge on any atom is -0.350 e. The van der Waals surface area contributed by atoms with E-state index in [1.165, 1.54) is 19.3 Å². The molecule has 5 aliphatic rings. The van der Waals surface area contributed by atoms with Gasteiger partial charge in [-0.05, 0) is 61.0 Å². The molecule has 2 saturated heterocycles. The van der Waals surface area contributed by atoms with E-state index >= 15 is 0 Å². The van der Waals surface area contributed by atoms with E-state index in [4.69, 9.17) is 0 Å². The quantitative estimate of drug-likeness (QED) is 0.755. The molecular formula is C25H33N5O2. The van der Waals surface area contributed by atoms with Crippen LogP contribution in [0.15, 0.2) is 24.4 Å². The minimum absolute atomic E-state index is 0.0620. The van der Waals surface area contributed by atoms with Crippen molar-refractivity contribution in [3.63, 3.8) is 0 Å². The zero-order valence-corrected chi connectivity index (χ0v) is 19.0. The lowest BCUT2D eigenvalue weighted by Gasteiger charge is -2.60. The molecule has 7 nitrogen and oxygen atoms in total. The normalized spacial score (nSPS) is 32.2. The summed E-state index contributed by atoms with van der Waals surface area (Å²) in [5.41, 5.74) is 2.44. The summed E-state index contributed by atoms with van der Waals surface area (Å²) in [6.45, 7) is 7.20. The van der Waals surface area contributed by atoms with Gasteiger partial charge in [-0.2, -0.15) is 0 Å². The van der Waals surface area contributed by atoms with Crippen molar-refractivity contribution in [2.45, 2.75) is 58.0 Å². The predicted octanol–water partition coefficient (Wildman–Crippen LogP) is 2.25. The van der Waals surface area contributed by atoms with Crippen LogP contribution in [0, 0.1) is 23.2 Å². The van der Waals surface area contributed by atoms with Gasteiger partial charge in [0, 0.05) is 37.9 Å². The van der Waals surface area contributed by atoms with E-state index in [1.807, 2.05) is 33.7 Å². The summed E-state index contributed by atoms with van der Waals surface area (Å²) in [5.74, 6) is 2.23. The molecule has 0 radical (unpaired) electrons. The fraction of sp³-hybridized carbons (Fsp3) is 0.640. The van der Waals surface area contributed by atoms with Crippen molar-refractivity contribution < 1.29 is 9.59 Å². The molecule has 0 aromatic carbocycles. The van der Waals surface area contributed by atoms with Crippen LogP contribution in [0.3, 0.4) is 0 Å². The average Bonchev–Trinajstić information content (AvgIpc) is 3.52. The summed E-state index contributed by atoms with van der Waals surface area (Å²) in [7, 11) is 0. The Labute approximate surface area is 188 Å². The smallest absolute Gasteiger partial charge is 0.268 e. The minimum atomic E-state index is -0.0620. The van der Waals surface area contributed by atoms with Crippen LogP contribution in [0.4, 0.5) is 0 Å². The van der Waals surface area contributed by atoms with Crippen LogP contribution in [0.2, 0.25) is 0 Å². The molecule has 2 amide bonds. The molecule has 4 heterocycles. The second-order valence-electron chi connectivity index (χ2n) is 11.0. The second kappa shape index (κ2) is 7.30. The number of fused-ring (bicyclic) bond motifs is 5. The largest absolute Gasteiger partial charge is 0.350 e. The molecule has 4 bridgehead atoms. The third-order valence-electron chi connectivity index (χ3n) is 9.01. The Balaban J connectivity index is 1.14. The first kappa shape index (κ1) is 20.2. The van der Waals surface area contributed by atoms with Crippen LogP contribution in [0.5, 0.6) is 0 Å². The van der Waals surface area contributed by atoms with Gasteiger partial charge in [-0.1, -0.05) is 19.9 Å². The molecule has 170 valence electrons. The van der Waals surface area contributed by atoms with Crippen LogP contribution in [-0.2, 0) is 11.2 Å². The van der Waals surface area contributed by atoms with Crippen molar-refractivity contribution in [2.24, 2.45) is 23.2 Å². The van der Waals surface area contributed by atoms with Crippen LogP contribution < -0.4 is 10.6 Å². The third kappa shape index (κ3) is 3.16. The number of rotatable bonds is 5. The molecule has 7 heteroatoms. The Kier molecular flexibility index (Phi) is 4.61. The lowest BCUT2D eigenvalue weighted by atomic mass is 9.45. The molecule has 0 unspecified atom stereocenters. The molecule has 2 N–H and O–H groups in total. The number of imidazole rings is 1. The Morgan fingerprint density at radius 3 is 2.84 bits per heavy atom. The van der Waals surface area contributed by atoms with Gasteiger partial charge < -0.3 is 15.5 Å². The van der Waals surface area contributed by atoms with Crippen LogP contribution in [0.25, 0.3) is 5.65 Å². The summed E-state index contributed by atoms with van der Waals surface area (Å²) >= 11 is 0. The van der Waals surface area contributed by atoms with E-state index in [0.717, 1.165) is 43.6 Å². The molecule has 5 atom stereocenters. The molecule has 2 aromatic heterocycles. The Morgan fingerprint density at radius 2 is 2.12 bits per heavy atom. The lowest BCUT2D eigenvalue weighted by Crippen LogP contribution is -2.54. The predicted molar refractivity (Wildman–Crippen MR) is 121 cm³/mol. The number of carbonyl (C=O) groups is 2. The van der Waals surface area contributed by atoms with E-state index in [0.29, 0.717) is 34.8 Å². The van der Waals surface area contributed by atoms with Crippen molar-refractivity contribution >= 4 is 17.5 Å². The molecule has 7 rings (SSSR count). The fourth-order valence-electron chi connectivity index (χ4n) is 6.98.